The van der Waals surface area contributed by atoms with Gasteiger partial charge in [0, 0.05) is 13.1 Å². The van der Waals surface area contributed by atoms with Gasteiger partial charge in [-0.3, -0.25) is 4.79 Å². The van der Waals surface area contributed by atoms with Gasteiger partial charge in [-0.25, -0.2) is 0 Å². The monoisotopic (exact) mass is 211 g/mol. The number of morpholine rings is 1. The number of hydrogen-bond acceptors (Lipinski definition) is 2. The SMILES string of the molecule is CCCCC/C=C\C(=O)N1CCOCC1. The number of ether oxygens (including phenoxy) is 1. The molecule has 0 bridgehead atoms. The van der Waals surface area contributed by atoms with Crippen LogP contribution < -0.4 is 0 Å². The molecule has 0 aromatic rings. The third kappa shape index (κ3) is 4.98. The van der Waals surface area contributed by atoms with Crippen molar-refractivity contribution in [3.8, 4) is 0 Å². The van der Waals surface area contributed by atoms with Crippen LogP contribution in [-0.2, 0) is 9.53 Å². The Morgan fingerprint density at radius 1 is 1.33 bits per heavy atom. The highest BCUT2D eigenvalue weighted by molar-refractivity contribution is 5.87. The first kappa shape index (κ1) is 12.2. The summed E-state index contributed by atoms with van der Waals surface area (Å²) in [5.74, 6) is 0.134. The molecule has 1 rings (SSSR count). The van der Waals surface area contributed by atoms with Crippen LogP contribution in [0.2, 0.25) is 0 Å². The molecule has 0 aliphatic carbocycles. The minimum Gasteiger partial charge on any atom is -0.378 e. The van der Waals surface area contributed by atoms with Gasteiger partial charge in [0.25, 0.3) is 0 Å². The summed E-state index contributed by atoms with van der Waals surface area (Å²) >= 11 is 0. The minimum absolute atomic E-state index is 0.134. The summed E-state index contributed by atoms with van der Waals surface area (Å²) in [6, 6.07) is 0. The highest BCUT2D eigenvalue weighted by Crippen LogP contribution is 2.02. The van der Waals surface area contributed by atoms with Crippen molar-refractivity contribution in [2.45, 2.75) is 32.6 Å². The van der Waals surface area contributed by atoms with Crippen LogP contribution in [0.1, 0.15) is 32.6 Å². The topological polar surface area (TPSA) is 29.5 Å². The van der Waals surface area contributed by atoms with E-state index in [0.29, 0.717) is 13.2 Å². The molecule has 1 amide bonds. The number of rotatable bonds is 5. The Morgan fingerprint density at radius 3 is 2.73 bits per heavy atom. The summed E-state index contributed by atoms with van der Waals surface area (Å²) in [6.07, 6.45) is 8.38. The lowest BCUT2D eigenvalue weighted by molar-refractivity contribution is -0.129. The van der Waals surface area contributed by atoms with Gasteiger partial charge in [0.05, 0.1) is 13.2 Å². The molecule has 3 heteroatoms. The lowest BCUT2D eigenvalue weighted by Crippen LogP contribution is -2.39. The van der Waals surface area contributed by atoms with E-state index >= 15 is 0 Å². The second-order valence-electron chi connectivity index (χ2n) is 3.84. The van der Waals surface area contributed by atoms with E-state index in [1.54, 1.807) is 6.08 Å². The predicted octanol–water partition coefficient (Wildman–Crippen LogP) is 1.98. The lowest BCUT2D eigenvalue weighted by Gasteiger charge is -2.25. The molecule has 0 radical (unpaired) electrons. The Labute approximate surface area is 92.1 Å². The maximum Gasteiger partial charge on any atom is 0.246 e. The van der Waals surface area contributed by atoms with Crippen LogP contribution in [0, 0.1) is 0 Å². The maximum absolute atomic E-state index is 11.6. The third-order valence-corrected chi connectivity index (χ3v) is 2.56. The van der Waals surface area contributed by atoms with Gasteiger partial charge < -0.3 is 9.64 Å². The van der Waals surface area contributed by atoms with Crippen LogP contribution in [0.5, 0.6) is 0 Å². The van der Waals surface area contributed by atoms with Crippen molar-refractivity contribution >= 4 is 5.91 Å². The van der Waals surface area contributed by atoms with Gasteiger partial charge in [0.1, 0.15) is 0 Å². The highest BCUT2D eigenvalue weighted by Gasteiger charge is 2.13. The van der Waals surface area contributed by atoms with Crippen molar-refractivity contribution in [2.75, 3.05) is 26.3 Å². The van der Waals surface area contributed by atoms with Gasteiger partial charge in [-0.2, -0.15) is 0 Å². The van der Waals surface area contributed by atoms with Crippen molar-refractivity contribution in [1.82, 2.24) is 4.90 Å². The maximum atomic E-state index is 11.6. The quantitative estimate of drug-likeness (QED) is 0.514. The zero-order valence-corrected chi connectivity index (χ0v) is 9.58. The molecule has 1 heterocycles. The average Bonchev–Trinajstić information content (AvgIpc) is 2.30. The molecule has 1 saturated heterocycles. The van der Waals surface area contributed by atoms with Gasteiger partial charge in [0.2, 0.25) is 5.91 Å². The largest absolute Gasteiger partial charge is 0.378 e. The fourth-order valence-corrected chi connectivity index (χ4v) is 1.59. The third-order valence-electron chi connectivity index (χ3n) is 2.56. The number of carbonyl (C=O) groups is 1. The second kappa shape index (κ2) is 7.46. The molecule has 0 spiro atoms. The summed E-state index contributed by atoms with van der Waals surface area (Å²) in [4.78, 5) is 13.5. The molecule has 0 aromatic heterocycles. The van der Waals surface area contributed by atoms with Crippen molar-refractivity contribution in [2.24, 2.45) is 0 Å². The molecule has 0 unspecified atom stereocenters. The van der Waals surface area contributed by atoms with Crippen LogP contribution in [0.3, 0.4) is 0 Å². The molecule has 0 N–H and O–H groups in total. The Kier molecular flexibility index (Phi) is 6.09. The Balaban J connectivity index is 2.15. The standard InChI is InChI=1S/C12H21NO2/c1-2-3-4-5-6-7-12(14)13-8-10-15-11-9-13/h6-7H,2-5,8-11H2,1H3/b7-6-. The van der Waals surface area contributed by atoms with Crippen LogP contribution in [0.25, 0.3) is 0 Å². The number of amides is 1. The second-order valence-corrected chi connectivity index (χ2v) is 3.84. The van der Waals surface area contributed by atoms with Crippen molar-refractivity contribution in [3.63, 3.8) is 0 Å². The van der Waals surface area contributed by atoms with Crippen molar-refractivity contribution < 1.29 is 9.53 Å². The van der Waals surface area contributed by atoms with Gasteiger partial charge >= 0.3 is 0 Å². The average molecular weight is 211 g/mol. The molecule has 86 valence electrons. The van der Waals surface area contributed by atoms with Crippen molar-refractivity contribution in [1.29, 1.82) is 0 Å². The number of unbranched alkanes of at least 4 members (excludes halogenated alkanes) is 3. The first-order valence-corrected chi connectivity index (χ1v) is 5.87. The van der Waals surface area contributed by atoms with Gasteiger partial charge in [-0.1, -0.05) is 25.8 Å². The number of carbonyl (C=O) groups excluding carboxylic acids is 1. The van der Waals surface area contributed by atoms with Crippen LogP contribution in [0.15, 0.2) is 12.2 Å². The summed E-state index contributed by atoms with van der Waals surface area (Å²) in [5.41, 5.74) is 0. The zero-order valence-electron chi connectivity index (χ0n) is 9.58. The molecule has 1 fully saturated rings. The van der Waals surface area contributed by atoms with E-state index in [9.17, 15) is 4.79 Å². The Morgan fingerprint density at radius 2 is 2.07 bits per heavy atom. The minimum atomic E-state index is 0.134. The molecule has 15 heavy (non-hydrogen) atoms. The van der Waals surface area contributed by atoms with Gasteiger partial charge in [-0.15, -0.1) is 0 Å². The highest BCUT2D eigenvalue weighted by atomic mass is 16.5. The van der Waals surface area contributed by atoms with E-state index in [2.05, 4.69) is 6.92 Å². The first-order chi connectivity index (χ1) is 7.34. The number of allylic oxidation sites excluding steroid dienone is 1. The first-order valence-electron chi connectivity index (χ1n) is 5.87. The number of hydrogen-bond donors (Lipinski definition) is 0. The van der Waals surface area contributed by atoms with Crippen molar-refractivity contribution in [3.05, 3.63) is 12.2 Å². The van der Waals surface area contributed by atoms with E-state index in [4.69, 9.17) is 4.74 Å². The van der Waals surface area contributed by atoms with E-state index in [-0.39, 0.29) is 5.91 Å². The summed E-state index contributed by atoms with van der Waals surface area (Å²) < 4.78 is 5.19. The molecule has 0 atom stereocenters. The van der Waals surface area contributed by atoms with E-state index in [1.807, 2.05) is 11.0 Å². The van der Waals surface area contributed by atoms with E-state index in [0.717, 1.165) is 19.5 Å². The molecular weight excluding hydrogens is 190 g/mol. The Bertz CT molecular complexity index is 208. The van der Waals surface area contributed by atoms with Crippen LogP contribution in [-0.4, -0.2) is 37.1 Å². The van der Waals surface area contributed by atoms with Crippen LogP contribution in [0.4, 0.5) is 0 Å². The van der Waals surface area contributed by atoms with E-state index < -0.39 is 0 Å². The summed E-state index contributed by atoms with van der Waals surface area (Å²) in [5, 5.41) is 0. The van der Waals surface area contributed by atoms with Gasteiger partial charge in [-0.05, 0) is 18.9 Å². The number of nitrogens with zero attached hydrogens (tertiary/aromatic N) is 1. The predicted molar refractivity (Wildman–Crippen MR) is 60.7 cm³/mol. The lowest BCUT2D eigenvalue weighted by atomic mass is 10.2. The molecule has 1 aliphatic heterocycles. The molecule has 3 nitrogen and oxygen atoms in total. The molecule has 0 aromatic carbocycles. The molecule has 1 aliphatic rings. The molecule has 0 saturated carbocycles. The Hall–Kier alpha value is -0.830. The van der Waals surface area contributed by atoms with Gasteiger partial charge in [0.15, 0.2) is 0 Å². The fraction of sp³-hybridized carbons (Fsp3) is 0.750. The van der Waals surface area contributed by atoms with Crippen LogP contribution >= 0.6 is 0 Å². The van der Waals surface area contributed by atoms with E-state index in [1.165, 1.54) is 19.3 Å². The summed E-state index contributed by atoms with van der Waals surface area (Å²) in [7, 11) is 0. The fourth-order valence-electron chi connectivity index (χ4n) is 1.59. The smallest absolute Gasteiger partial charge is 0.246 e. The molecular formula is C12H21NO2. The normalized spacial score (nSPS) is 17.3. The zero-order chi connectivity index (χ0) is 10.9. The summed E-state index contributed by atoms with van der Waals surface area (Å²) in [6.45, 7) is 5.00.